The molecular weight excluding hydrogens is 426 g/mol. The zero-order valence-corrected chi connectivity index (χ0v) is 17.9. The van der Waals surface area contributed by atoms with Gasteiger partial charge >= 0.3 is 11.9 Å². The van der Waals surface area contributed by atoms with Crippen molar-refractivity contribution >= 4 is 11.9 Å². The molecule has 0 aliphatic heterocycles. The molecule has 3 aromatic carbocycles. The summed E-state index contributed by atoms with van der Waals surface area (Å²) in [5, 5.41) is 0. The van der Waals surface area contributed by atoms with Crippen LogP contribution in [0.25, 0.3) is 22.3 Å². The van der Waals surface area contributed by atoms with Crippen LogP contribution in [0.1, 0.15) is 12.0 Å². The third kappa shape index (κ3) is 6.01. The molecule has 0 amide bonds. The number of rotatable bonds is 9. The van der Waals surface area contributed by atoms with Crippen molar-refractivity contribution in [3.63, 3.8) is 0 Å². The van der Waals surface area contributed by atoms with E-state index in [0.29, 0.717) is 24.0 Å². The Morgan fingerprint density at radius 2 is 1.27 bits per heavy atom. The minimum Gasteiger partial charge on any atom is -0.463 e. The van der Waals surface area contributed by atoms with Crippen LogP contribution in [0.15, 0.2) is 86.0 Å². The lowest BCUT2D eigenvalue weighted by Crippen LogP contribution is -2.02. The highest BCUT2D eigenvalue weighted by Gasteiger charge is 2.16. The number of carbonyl (C=O) groups excluding carboxylic acids is 2. The number of aryl methyl sites for hydroxylation is 1. The van der Waals surface area contributed by atoms with Gasteiger partial charge in [-0.25, -0.2) is 18.4 Å². The van der Waals surface area contributed by atoms with Gasteiger partial charge in [-0.05, 0) is 41.7 Å². The van der Waals surface area contributed by atoms with Crippen molar-refractivity contribution in [2.24, 2.45) is 0 Å². The van der Waals surface area contributed by atoms with Crippen LogP contribution in [0, 0.1) is 11.6 Å². The summed E-state index contributed by atoms with van der Waals surface area (Å²) < 4.78 is 39.7. The molecule has 0 bridgehead atoms. The van der Waals surface area contributed by atoms with E-state index >= 15 is 0 Å². The number of hydrogen-bond donors (Lipinski definition) is 0. The van der Waals surface area contributed by atoms with Gasteiger partial charge in [0.25, 0.3) is 0 Å². The van der Waals surface area contributed by atoms with E-state index in [1.807, 2.05) is 12.1 Å². The largest absolute Gasteiger partial charge is 0.463 e. The van der Waals surface area contributed by atoms with Gasteiger partial charge in [-0.3, -0.25) is 0 Å². The summed E-state index contributed by atoms with van der Waals surface area (Å²) in [5.74, 6) is -2.69. The molecule has 6 heteroatoms. The van der Waals surface area contributed by atoms with Crippen molar-refractivity contribution in [1.29, 1.82) is 0 Å². The lowest BCUT2D eigenvalue weighted by Gasteiger charge is -2.10. The van der Waals surface area contributed by atoms with E-state index in [1.165, 1.54) is 24.3 Å². The Morgan fingerprint density at radius 3 is 1.79 bits per heavy atom. The molecule has 0 aliphatic rings. The summed E-state index contributed by atoms with van der Waals surface area (Å²) >= 11 is 0. The summed E-state index contributed by atoms with van der Waals surface area (Å²) in [4.78, 5) is 22.3. The van der Waals surface area contributed by atoms with Crippen LogP contribution in [0.3, 0.4) is 0 Å². The predicted molar refractivity (Wildman–Crippen MR) is 123 cm³/mol. The maximum Gasteiger partial charge on any atom is 0.335 e. The Morgan fingerprint density at radius 1 is 0.758 bits per heavy atom. The van der Waals surface area contributed by atoms with Gasteiger partial charge in [0, 0.05) is 23.3 Å². The van der Waals surface area contributed by atoms with Crippen LogP contribution in [0.5, 0.6) is 5.75 Å². The zero-order valence-electron chi connectivity index (χ0n) is 17.9. The molecule has 4 nitrogen and oxygen atoms in total. The van der Waals surface area contributed by atoms with Crippen molar-refractivity contribution in [3.05, 3.63) is 103 Å². The standard InChI is InChI=1S/C27H22F2O4/c1-3-24(30)32-17-5-6-18-7-9-19(10-8-18)22-15-16-23(27(29)26(22)28)20-11-13-21(14-12-20)33-25(31)4-2/h3-4,7-16H,1-2,5-6,17H2. The quantitative estimate of drug-likeness (QED) is 0.173. The fraction of sp³-hybridized carbons (Fsp3) is 0.111. The topological polar surface area (TPSA) is 52.6 Å². The van der Waals surface area contributed by atoms with Gasteiger partial charge in [0.2, 0.25) is 0 Å². The zero-order chi connectivity index (χ0) is 23.8. The van der Waals surface area contributed by atoms with E-state index < -0.39 is 23.6 Å². The van der Waals surface area contributed by atoms with Gasteiger partial charge in [-0.2, -0.15) is 0 Å². The second-order valence-corrected chi connectivity index (χ2v) is 7.11. The van der Waals surface area contributed by atoms with E-state index in [2.05, 4.69) is 13.2 Å². The van der Waals surface area contributed by atoms with Crippen LogP contribution in [-0.4, -0.2) is 18.5 Å². The molecule has 168 valence electrons. The predicted octanol–water partition coefficient (Wildman–Crippen LogP) is 6.05. The number of benzene rings is 3. The van der Waals surface area contributed by atoms with E-state index in [4.69, 9.17) is 9.47 Å². The molecule has 0 saturated heterocycles. The first-order valence-electron chi connectivity index (χ1n) is 10.2. The third-order valence-electron chi connectivity index (χ3n) is 4.92. The highest BCUT2D eigenvalue weighted by atomic mass is 19.2. The summed E-state index contributed by atoms with van der Waals surface area (Å²) in [6.07, 6.45) is 3.47. The van der Waals surface area contributed by atoms with E-state index in [9.17, 15) is 18.4 Å². The number of carbonyl (C=O) groups is 2. The summed E-state index contributed by atoms with van der Waals surface area (Å²) in [6, 6.07) is 16.3. The van der Waals surface area contributed by atoms with Gasteiger partial charge in [0.15, 0.2) is 11.6 Å². The fourth-order valence-corrected chi connectivity index (χ4v) is 3.21. The van der Waals surface area contributed by atoms with E-state index in [1.54, 1.807) is 24.3 Å². The highest BCUT2D eigenvalue weighted by molar-refractivity contribution is 5.83. The molecular formula is C27H22F2O4. The van der Waals surface area contributed by atoms with Gasteiger partial charge in [0.1, 0.15) is 5.75 Å². The minimum absolute atomic E-state index is 0.100. The van der Waals surface area contributed by atoms with Crippen LogP contribution in [0.2, 0.25) is 0 Å². The first kappa shape index (κ1) is 23.6. The van der Waals surface area contributed by atoms with Crippen molar-refractivity contribution in [1.82, 2.24) is 0 Å². The van der Waals surface area contributed by atoms with E-state index in [-0.39, 0.29) is 23.5 Å². The SMILES string of the molecule is C=CC(=O)OCCCc1ccc(-c2ccc(-c3ccc(OC(=O)C=C)cc3)c(F)c2F)cc1. The lowest BCUT2D eigenvalue weighted by molar-refractivity contribution is -0.137. The Labute approximate surface area is 190 Å². The molecule has 3 aromatic rings. The molecule has 0 atom stereocenters. The lowest BCUT2D eigenvalue weighted by atomic mass is 9.97. The van der Waals surface area contributed by atoms with Crippen LogP contribution in [0.4, 0.5) is 8.78 Å². The van der Waals surface area contributed by atoms with Gasteiger partial charge in [-0.1, -0.05) is 61.7 Å². The van der Waals surface area contributed by atoms with Crippen LogP contribution in [-0.2, 0) is 20.7 Å². The smallest absolute Gasteiger partial charge is 0.335 e. The second-order valence-electron chi connectivity index (χ2n) is 7.11. The third-order valence-corrected chi connectivity index (χ3v) is 4.92. The average Bonchev–Trinajstić information content (AvgIpc) is 2.84. The Hall–Kier alpha value is -4.06. The molecule has 0 radical (unpaired) electrons. The maximum absolute atomic E-state index is 14.9. The molecule has 33 heavy (non-hydrogen) atoms. The van der Waals surface area contributed by atoms with Crippen molar-refractivity contribution in [2.45, 2.75) is 12.8 Å². The Balaban J connectivity index is 1.72. The minimum atomic E-state index is -0.962. The fourth-order valence-electron chi connectivity index (χ4n) is 3.21. The average molecular weight is 448 g/mol. The van der Waals surface area contributed by atoms with Gasteiger partial charge in [-0.15, -0.1) is 0 Å². The van der Waals surface area contributed by atoms with Crippen molar-refractivity contribution < 1.29 is 27.8 Å². The monoisotopic (exact) mass is 448 g/mol. The molecule has 0 N–H and O–H groups in total. The molecule has 0 saturated carbocycles. The molecule has 0 unspecified atom stereocenters. The summed E-state index contributed by atoms with van der Waals surface area (Å²) in [6.45, 7) is 6.94. The first-order chi connectivity index (χ1) is 15.9. The van der Waals surface area contributed by atoms with Gasteiger partial charge in [0.05, 0.1) is 6.61 Å². The number of hydrogen-bond acceptors (Lipinski definition) is 4. The van der Waals surface area contributed by atoms with Crippen molar-refractivity contribution in [2.75, 3.05) is 6.61 Å². The first-order valence-corrected chi connectivity index (χ1v) is 10.2. The molecule has 3 rings (SSSR count). The number of esters is 2. The summed E-state index contributed by atoms with van der Waals surface area (Å²) in [7, 11) is 0. The normalized spacial score (nSPS) is 10.4. The maximum atomic E-state index is 14.9. The Bertz CT molecular complexity index is 1170. The molecule has 0 heterocycles. The number of halogens is 2. The molecule has 0 spiro atoms. The molecule has 0 fully saturated rings. The van der Waals surface area contributed by atoms with E-state index in [0.717, 1.165) is 17.7 Å². The highest BCUT2D eigenvalue weighted by Crippen LogP contribution is 2.32. The summed E-state index contributed by atoms with van der Waals surface area (Å²) in [5.41, 5.74) is 2.24. The molecule has 0 aliphatic carbocycles. The second kappa shape index (κ2) is 11.0. The van der Waals surface area contributed by atoms with Gasteiger partial charge < -0.3 is 9.47 Å². The number of ether oxygens (including phenoxy) is 2. The van der Waals surface area contributed by atoms with Crippen molar-refractivity contribution in [3.8, 4) is 28.0 Å². The van der Waals surface area contributed by atoms with Crippen LogP contribution < -0.4 is 4.74 Å². The molecule has 0 aromatic heterocycles. The van der Waals surface area contributed by atoms with Crippen LogP contribution >= 0.6 is 0 Å². The Kier molecular flexibility index (Phi) is 7.86.